The first-order valence-electron chi connectivity index (χ1n) is 7.32. The molecule has 2 rings (SSSR count). The van der Waals surface area contributed by atoms with E-state index in [2.05, 4.69) is 10.1 Å². The second-order valence-corrected chi connectivity index (χ2v) is 5.04. The highest BCUT2D eigenvalue weighted by atomic mass is 19.4. The van der Waals surface area contributed by atoms with Crippen molar-refractivity contribution in [2.24, 2.45) is 0 Å². The summed E-state index contributed by atoms with van der Waals surface area (Å²) < 4.78 is 45.2. The maximum absolute atomic E-state index is 12.1. The van der Waals surface area contributed by atoms with Gasteiger partial charge in [0.1, 0.15) is 11.5 Å². The van der Waals surface area contributed by atoms with Gasteiger partial charge in [0.2, 0.25) is 0 Å². The highest BCUT2D eigenvalue weighted by Crippen LogP contribution is 2.24. The Morgan fingerprint density at radius 2 is 1.68 bits per heavy atom. The van der Waals surface area contributed by atoms with E-state index in [4.69, 9.17) is 4.74 Å². The molecule has 0 radical (unpaired) electrons. The molecule has 8 heteroatoms. The van der Waals surface area contributed by atoms with Gasteiger partial charge < -0.3 is 19.9 Å². The van der Waals surface area contributed by atoms with E-state index in [1.807, 2.05) is 6.07 Å². The zero-order chi connectivity index (χ0) is 18.3. The maximum Gasteiger partial charge on any atom is 0.573 e. The first kappa shape index (κ1) is 18.6. The molecule has 0 heterocycles. The van der Waals surface area contributed by atoms with E-state index in [1.165, 1.54) is 12.1 Å². The Labute approximate surface area is 142 Å². The summed E-state index contributed by atoms with van der Waals surface area (Å²) in [6.07, 6.45) is -5.84. The number of rotatable bonds is 7. The number of halogens is 3. The largest absolute Gasteiger partial charge is 0.573 e. The summed E-state index contributed by atoms with van der Waals surface area (Å²) >= 11 is 0. The van der Waals surface area contributed by atoms with Crippen LogP contribution in [0.15, 0.2) is 54.6 Å². The highest BCUT2D eigenvalue weighted by Gasteiger charge is 2.31. The molecule has 0 bridgehead atoms. The summed E-state index contributed by atoms with van der Waals surface area (Å²) in [5.74, 6) is -0.276. The molecule has 0 saturated carbocycles. The Bertz CT molecular complexity index is 675. The lowest BCUT2D eigenvalue weighted by Gasteiger charge is -2.14. The normalized spacial score (nSPS) is 12.3. The van der Waals surface area contributed by atoms with Crippen LogP contribution in [0.2, 0.25) is 0 Å². The number of ether oxygens (including phenoxy) is 2. The van der Waals surface area contributed by atoms with Gasteiger partial charge in [-0.3, -0.25) is 4.79 Å². The average Bonchev–Trinajstić information content (AvgIpc) is 2.58. The van der Waals surface area contributed by atoms with E-state index < -0.39 is 18.4 Å². The molecule has 0 fully saturated rings. The molecule has 1 atom stereocenters. The van der Waals surface area contributed by atoms with Crippen LogP contribution in [-0.2, 0) is 4.79 Å². The van der Waals surface area contributed by atoms with E-state index in [-0.39, 0.29) is 18.9 Å². The molecule has 1 amide bonds. The summed E-state index contributed by atoms with van der Waals surface area (Å²) in [5, 5.41) is 12.4. The number of amides is 1. The summed E-state index contributed by atoms with van der Waals surface area (Å²) in [4.78, 5) is 11.7. The number of benzene rings is 2. The molecule has 134 valence electrons. The number of aliphatic hydroxyl groups is 1. The van der Waals surface area contributed by atoms with Gasteiger partial charge in [0.05, 0.1) is 6.10 Å². The van der Waals surface area contributed by atoms with Crippen LogP contribution in [0.4, 0.5) is 13.2 Å². The summed E-state index contributed by atoms with van der Waals surface area (Å²) in [6, 6.07) is 13.5. The molecule has 2 N–H and O–H groups in total. The minimum Gasteiger partial charge on any atom is -0.484 e. The van der Waals surface area contributed by atoms with Crippen molar-refractivity contribution >= 4 is 5.91 Å². The van der Waals surface area contributed by atoms with E-state index in [9.17, 15) is 23.1 Å². The molecule has 5 nitrogen and oxygen atoms in total. The van der Waals surface area contributed by atoms with Gasteiger partial charge in [0.15, 0.2) is 6.61 Å². The lowest BCUT2D eigenvalue weighted by atomic mass is 10.1. The van der Waals surface area contributed by atoms with Crippen LogP contribution in [-0.4, -0.2) is 30.5 Å². The van der Waals surface area contributed by atoms with Gasteiger partial charge in [-0.2, -0.15) is 0 Å². The molecule has 0 aromatic heterocycles. The predicted molar refractivity (Wildman–Crippen MR) is 83.0 cm³/mol. The number of nitrogens with one attached hydrogen (secondary N) is 1. The van der Waals surface area contributed by atoms with Crippen molar-refractivity contribution in [2.75, 3.05) is 13.2 Å². The Balaban J connectivity index is 1.77. The standard InChI is InChI=1S/C17H16F3NO4/c18-17(19,20)25-14-8-6-12(7-9-14)15(22)10-21-16(23)11-24-13-4-2-1-3-5-13/h1-9,15,22H,10-11H2,(H,21,23). The van der Waals surface area contributed by atoms with Gasteiger partial charge in [-0.1, -0.05) is 30.3 Å². The monoisotopic (exact) mass is 355 g/mol. The quantitative estimate of drug-likeness (QED) is 0.802. The highest BCUT2D eigenvalue weighted by molar-refractivity contribution is 5.77. The Morgan fingerprint density at radius 1 is 1.04 bits per heavy atom. The molecule has 2 aromatic carbocycles. The molecular formula is C17H16F3NO4. The van der Waals surface area contributed by atoms with Gasteiger partial charge in [-0.15, -0.1) is 13.2 Å². The van der Waals surface area contributed by atoms with Gasteiger partial charge in [0, 0.05) is 6.54 Å². The molecule has 0 aliphatic carbocycles. The predicted octanol–water partition coefficient (Wildman–Crippen LogP) is 2.81. The van der Waals surface area contributed by atoms with E-state index in [0.29, 0.717) is 11.3 Å². The van der Waals surface area contributed by atoms with Crippen molar-refractivity contribution in [1.82, 2.24) is 5.32 Å². The molecule has 2 aromatic rings. The summed E-state index contributed by atoms with van der Waals surface area (Å²) in [6.45, 7) is -0.314. The average molecular weight is 355 g/mol. The van der Waals surface area contributed by atoms with Crippen LogP contribution in [0.25, 0.3) is 0 Å². The van der Waals surface area contributed by atoms with Crippen molar-refractivity contribution in [2.45, 2.75) is 12.5 Å². The molecule has 1 unspecified atom stereocenters. The van der Waals surface area contributed by atoms with Crippen molar-refractivity contribution in [1.29, 1.82) is 0 Å². The fourth-order valence-corrected chi connectivity index (χ4v) is 1.94. The number of aliphatic hydroxyl groups excluding tert-OH is 1. The Kier molecular flexibility index (Phi) is 6.24. The number of para-hydroxylation sites is 1. The first-order chi connectivity index (χ1) is 11.8. The van der Waals surface area contributed by atoms with Crippen LogP contribution < -0.4 is 14.8 Å². The Hall–Kier alpha value is -2.74. The Morgan fingerprint density at radius 3 is 2.28 bits per heavy atom. The summed E-state index contributed by atoms with van der Waals surface area (Å²) in [5.41, 5.74) is 0.346. The molecule has 0 aliphatic rings. The van der Waals surface area contributed by atoms with Gasteiger partial charge in [0.25, 0.3) is 5.91 Å². The fraction of sp³-hybridized carbons (Fsp3) is 0.235. The van der Waals surface area contributed by atoms with E-state index in [1.54, 1.807) is 24.3 Å². The number of carbonyl (C=O) groups is 1. The molecule has 0 aliphatic heterocycles. The maximum atomic E-state index is 12.1. The SMILES string of the molecule is O=C(COc1ccccc1)NCC(O)c1ccc(OC(F)(F)F)cc1. The zero-order valence-electron chi connectivity index (χ0n) is 13.0. The lowest BCUT2D eigenvalue weighted by molar-refractivity contribution is -0.274. The molecule has 0 saturated heterocycles. The lowest BCUT2D eigenvalue weighted by Crippen LogP contribution is -2.32. The number of hydrogen-bond acceptors (Lipinski definition) is 4. The third-order valence-electron chi connectivity index (χ3n) is 3.10. The second kappa shape index (κ2) is 8.39. The minimum atomic E-state index is -4.77. The summed E-state index contributed by atoms with van der Waals surface area (Å²) in [7, 11) is 0. The van der Waals surface area contributed by atoms with E-state index in [0.717, 1.165) is 12.1 Å². The zero-order valence-corrected chi connectivity index (χ0v) is 13.0. The van der Waals surface area contributed by atoms with Gasteiger partial charge in [-0.25, -0.2) is 0 Å². The van der Waals surface area contributed by atoms with Crippen molar-refractivity contribution in [3.63, 3.8) is 0 Å². The minimum absolute atomic E-state index is 0.101. The second-order valence-electron chi connectivity index (χ2n) is 5.04. The third-order valence-corrected chi connectivity index (χ3v) is 3.10. The van der Waals surface area contributed by atoms with Crippen molar-refractivity contribution in [3.05, 3.63) is 60.2 Å². The van der Waals surface area contributed by atoms with Gasteiger partial charge in [-0.05, 0) is 29.8 Å². The number of carbonyl (C=O) groups excluding carboxylic acids is 1. The first-order valence-corrected chi connectivity index (χ1v) is 7.32. The fourth-order valence-electron chi connectivity index (χ4n) is 1.94. The molecule has 0 spiro atoms. The van der Waals surface area contributed by atoms with Crippen LogP contribution in [0.3, 0.4) is 0 Å². The third kappa shape index (κ3) is 6.72. The number of hydrogen-bond donors (Lipinski definition) is 2. The van der Waals surface area contributed by atoms with Crippen molar-refractivity contribution < 1.29 is 32.5 Å². The van der Waals surface area contributed by atoms with Crippen LogP contribution in [0.1, 0.15) is 11.7 Å². The van der Waals surface area contributed by atoms with E-state index >= 15 is 0 Å². The van der Waals surface area contributed by atoms with Gasteiger partial charge >= 0.3 is 6.36 Å². The van der Waals surface area contributed by atoms with Crippen LogP contribution in [0, 0.1) is 0 Å². The topological polar surface area (TPSA) is 67.8 Å². The molecular weight excluding hydrogens is 339 g/mol. The van der Waals surface area contributed by atoms with Crippen LogP contribution in [0.5, 0.6) is 11.5 Å². The molecule has 25 heavy (non-hydrogen) atoms. The van der Waals surface area contributed by atoms with Crippen molar-refractivity contribution in [3.8, 4) is 11.5 Å². The van der Waals surface area contributed by atoms with Crippen LogP contribution >= 0.6 is 0 Å². The smallest absolute Gasteiger partial charge is 0.484 e. The number of alkyl halides is 3.